The molecular weight excluding hydrogens is 414 g/mol. The number of anilines is 2. The van der Waals surface area contributed by atoms with Crippen molar-refractivity contribution in [1.29, 1.82) is 0 Å². The number of piperazine rings is 1. The Balaban J connectivity index is 1.33. The maximum atomic E-state index is 12.7. The number of esters is 1. The van der Waals surface area contributed by atoms with Gasteiger partial charge in [0.2, 0.25) is 0 Å². The van der Waals surface area contributed by atoms with Gasteiger partial charge in [-0.05, 0) is 54.4 Å². The number of hydrogen-bond donors (Lipinski definition) is 1. The summed E-state index contributed by atoms with van der Waals surface area (Å²) in [4.78, 5) is 29.4. The van der Waals surface area contributed by atoms with Crippen LogP contribution < -0.4 is 10.2 Å². The van der Waals surface area contributed by atoms with Gasteiger partial charge in [0.05, 0.1) is 12.7 Å². The number of hydrogen-bond acceptors (Lipinski definition) is 5. The number of para-hydroxylation sites is 1. The Kier molecular flexibility index (Phi) is 7.05. The quantitative estimate of drug-likeness (QED) is 0.574. The largest absolute Gasteiger partial charge is 0.465 e. The molecule has 0 atom stereocenters. The smallest absolute Gasteiger partial charge is 0.337 e. The third-order valence-corrected chi connectivity index (χ3v) is 6.02. The van der Waals surface area contributed by atoms with Crippen molar-refractivity contribution in [2.24, 2.45) is 0 Å². The molecule has 1 saturated heterocycles. The fourth-order valence-electron chi connectivity index (χ4n) is 4.02. The van der Waals surface area contributed by atoms with Crippen LogP contribution in [0.3, 0.4) is 0 Å². The lowest BCUT2D eigenvalue weighted by Crippen LogP contribution is -2.45. The first-order valence-electron chi connectivity index (χ1n) is 11.1. The van der Waals surface area contributed by atoms with Gasteiger partial charge in [-0.2, -0.15) is 0 Å². The van der Waals surface area contributed by atoms with Crippen LogP contribution in [0.25, 0.3) is 0 Å². The van der Waals surface area contributed by atoms with E-state index >= 15 is 0 Å². The molecule has 0 spiro atoms. The lowest BCUT2D eigenvalue weighted by atomic mass is 10.1. The van der Waals surface area contributed by atoms with Gasteiger partial charge >= 0.3 is 5.97 Å². The van der Waals surface area contributed by atoms with E-state index < -0.39 is 5.97 Å². The zero-order chi connectivity index (χ0) is 23.2. The van der Waals surface area contributed by atoms with E-state index in [0.717, 1.165) is 38.3 Å². The molecule has 3 aromatic rings. The van der Waals surface area contributed by atoms with Gasteiger partial charge < -0.3 is 15.0 Å². The summed E-state index contributed by atoms with van der Waals surface area (Å²) in [5.41, 5.74) is 4.92. The molecule has 4 rings (SSSR count). The molecule has 1 N–H and O–H groups in total. The number of nitrogens with one attached hydrogen (secondary N) is 1. The van der Waals surface area contributed by atoms with E-state index in [0.29, 0.717) is 16.8 Å². The molecule has 3 aromatic carbocycles. The maximum absolute atomic E-state index is 12.7. The first kappa shape index (κ1) is 22.6. The van der Waals surface area contributed by atoms with E-state index in [4.69, 9.17) is 4.74 Å². The zero-order valence-corrected chi connectivity index (χ0v) is 19.1. The van der Waals surface area contributed by atoms with Crippen LogP contribution in [-0.2, 0) is 11.3 Å². The van der Waals surface area contributed by atoms with Crippen LogP contribution in [0.15, 0.2) is 72.8 Å². The Morgan fingerprint density at radius 2 is 1.55 bits per heavy atom. The molecule has 1 aliphatic rings. The molecule has 6 heteroatoms. The lowest BCUT2D eigenvalue weighted by Gasteiger charge is -2.36. The number of amides is 1. The van der Waals surface area contributed by atoms with Crippen LogP contribution in [0.5, 0.6) is 0 Å². The highest BCUT2D eigenvalue weighted by atomic mass is 16.5. The molecule has 0 aliphatic carbocycles. The predicted molar refractivity (Wildman–Crippen MR) is 131 cm³/mol. The fraction of sp³-hybridized carbons (Fsp3) is 0.259. The summed E-state index contributed by atoms with van der Waals surface area (Å²) in [6.07, 6.45) is 0. The average molecular weight is 444 g/mol. The van der Waals surface area contributed by atoms with Gasteiger partial charge in [-0.15, -0.1) is 0 Å². The highest BCUT2D eigenvalue weighted by Gasteiger charge is 2.17. The third kappa shape index (κ3) is 5.59. The first-order chi connectivity index (χ1) is 16.0. The standard InChI is InChI=1S/C27H29N3O3/c1-20-8-11-23(27(32)33-2)18-25(20)28-26(31)22-12-9-21(10-13-22)19-29-14-16-30(17-15-29)24-6-4-3-5-7-24/h3-13,18H,14-17,19H2,1-2H3,(H,28,31). The molecule has 1 fully saturated rings. The Morgan fingerprint density at radius 3 is 2.21 bits per heavy atom. The van der Waals surface area contributed by atoms with Gasteiger partial charge in [-0.25, -0.2) is 4.79 Å². The topological polar surface area (TPSA) is 61.9 Å². The van der Waals surface area contributed by atoms with Crippen LogP contribution in [0.4, 0.5) is 11.4 Å². The Labute approximate surface area is 194 Å². The third-order valence-electron chi connectivity index (χ3n) is 6.02. The summed E-state index contributed by atoms with van der Waals surface area (Å²) >= 11 is 0. The normalized spacial score (nSPS) is 14.1. The number of methoxy groups -OCH3 is 1. The number of carbonyl (C=O) groups is 2. The Hall–Kier alpha value is -3.64. The number of rotatable bonds is 6. The number of carbonyl (C=O) groups excluding carboxylic acids is 2. The summed E-state index contributed by atoms with van der Waals surface area (Å²) in [7, 11) is 1.34. The maximum Gasteiger partial charge on any atom is 0.337 e. The van der Waals surface area contributed by atoms with Crippen molar-refractivity contribution in [3.8, 4) is 0 Å². The lowest BCUT2D eigenvalue weighted by molar-refractivity contribution is 0.0600. The molecule has 1 amide bonds. The highest BCUT2D eigenvalue weighted by molar-refractivity contribution is 6.05. The van der Waals surface area contributed by atoms with E-state index in [1.54, 1.807) is 18.2 Å². The van der Waals surface area contributed by atoms with E-state index in [9.17, 15) is 9.59 Å². The molecule has 6 nitrogen and oxygen atoms in total. The summed E-state index contributed by atoms with van der Waals surface area (Å²) in [5.74, 6) is -0.636. The second-order valence-corrected chi connectivity index (χ2v) is 8.27. The molecule has 170 valence electrons. The summed E-state index contributed by atoms with van der Waals surface area (Å²) in [5, 5.41) is 2.90. The van der Waals surface area contributed by atoms with Crippen molar-refractivity contribution < 1.29 is 14.3 Å². The van der Waals surface area contributed by atoms with E-state index in [1.165, 1.54) is 18.4 Å². The van der Waals surface area contributed by atoms with Gasteiger partial charge in [-0.3, -0.25) is 9.69 Å². The second-order valence-electron chi connectivity index (χ2n) is 8.27. The highest BCUT2D eigenvalue weighted by Crippen LogP contribution is 2.20. The monoisotopic (exact) mass is 443 g/mol. The van der Waals surface area contributed by atoms with Crippen LogP contribution in [0.2, 0.25) is 0 Å². The van der Waals surface area contributed by atoms with E-state index in [2.05, 4.69) is 39.4 Å². The van der Waals surface area contributed by atoms with Crippen LogP contribution in [0.1, 0.15) is 31.8 Å². The molecule has 1 aliphatic heterocycles. The minimum absolute atomic E-state index is 0.205. The Morgan fingerprint density at radius 1 is 0.879 bits per heavy atom. The van der Waals surface area contributed by atoms with Crippen molar-refractivity contribution in [2.75, 3.05) is 43.5 Å². The van der Waals surface area contributed by atoms with Gasteiger partial charge in [0, 0.05) is 49.7 Å². The fourth-order valence-corrected chi connectivity index (χ4v) is 4.02. The van der Waals surface area contributed by atoms with Gasteiger partial charge in [0.15, 0.2) is 0 Å². The average Bonchev–Trinajstić information content (AvgIpc) is 2.86. The molecule has 1 heterocycles. The van der Waals surface area contributed by atoms with Crippen molar-refractivity contribution in [3.05, 3.63) is 95.1 Å². The summed E-state index contributed by atoms with van der Waals surface area (Å²) < 4.78 is 4.77. The summed E-state index contributed by atoms with van der Waals surface area (Å²) in [6.45, 7) is 6.78. The molecular formula is C27H29N3O3. The minimum atomic E-state index is -0.431. The molecule has 33 heavy (non-hydrogen) atoms. The van der Waals surface area contributed by atoms with Gasteiger partial charge in [-0.1, -0.05) is 36.4 Å². The van der Waals surface area contributed by atoms with Crippen molar-refractivity contribution in [1.82, 2.24) is 4.90 Å². The van der Waals surface area contributed by atoms with Gasteiger partial charge in [0.25, 0.3) is 5.91 Å². The van der Waals surface area contributed by atoms with E-state index in [-0.39, 0.29) is 5.91 Å². The molecule has 0 aromatic heterocycles. The number of nitrogens with zero attached hydrogens (tertiary/aromatic N) is 2. The molecule has 0 unspecified atom stereocenters. The number of aryl methyl sites for hydroxylation is 1. The molecule has 0 saturated carbocycles. The molecule has 0 radical (unpaired) electrons. The van der Waals surface area contributed by atoms with Crippen molar-refractivity contribution in [2.45, 2.75) is 13.5 Å². The van der Waals surface area contributed by atoms with Gasteiger partial charge in [0.1, 0.15) is 0 Å². The first-order valence-corrected chi connectivity index (χ1v) is 11.1. The SMILES string of the molecule is COC(=O)c1ccc(C)c(NC(=O)c2ccc(CN3CCN(c4ccccc4)CC3)cc2)c1. The predicted octanol–water partition coefficient (Wildman–Crippen LogP) is 4.36. The van der Waals surface area contributed by atoms with Crippen LogP contribution in [-0.4, -0.2) is 50.1 Å². The molecule has 0 bridgehead atoms. The number of ether oxygens (including phenoxy) is 1. The van der Waals surface area contributed by atoms with Crippen molar-refractivity contribution in [3.63, 3.8) is 0 Å². The zero-order valence-electron chi connectivity index (χ0n) is 19.1. The Bertz CT molecular complexity index is 1110. The van der Waals surface area contributed by atoms with E-state index in [1.807, 2.05) is 37.3 Å². The minimum Gasteiger partial charge on any atom is -0.465 e. The van der Waals surface area contributed by atoms with Crippen molar-refractivity contribution >= 4 is 23.3 Å². The summed E-state index contributed by atoms with van der Waals surface area (Å²) in [6, 6.07) is 23.4. The number of benzene rings is 3. The second kappa shape index (κ2) is 10.3. The van der Waals surface area contributed by atoms with Crippen LogP contribution in [0, 0.1) is 6.92 Å². The van der Waals surface area contributed by atoms with Crippen LogP contribution >= 0.6 is 0 Å².